The minimum Gasteiger partial charge on any atom is -0.478 e. The largest absolute Gasteiger partial charge is 0.478 e. The molecule has 0 aliphatic heterocycles. The summed E-state index contributed by atoms with van der Waals surface area (Å²) < 4.78 is 0. The number of benzene rings is 1. The number of para-hydroxylation sites is 1. The van der Waals surface area contributed by atoms with Gasteiger partial charge in [0.2, 0.25) is 0 Å². The van der Waals surface area contributed by atoms with Crippen LogP contribution in [0.2, 0.25) is 0 Å². The maximum Gasteiger partial charge on any atom is 0.337 e. The Hall–Kier alpha value is -2.08. The number of carboxylic acids is 1. The highest BCUT2D eigenvalue weighted by atomic mass is 16.4. The van der Waals surface area contributed by atoms with Gasteiger partial charge in [-0.15, -0.1) is 0 Å². The molecular formula is C15H20N2O4. The first-order valence-electron chi connectivity index (χ1n) is 7.03. The van der Waals surface area contributed by atoms with Crippen LogP contribution in [0.5, 0.6) is 0 Å². The molecule has 0 spiro atoms. The number of carboxylic acid groups (broad SMARTS) is 1. The molecule has 0 heterocycles. The number of aromatic carboxylic acids is 1. The molecule has 1 aliphatic carbocycles. The number of carbonyl (C=O) groups excluding carboxylic acids is 1. The van der Waals surface area contributed by atoms with Gasteiger partial charge in [-0.3, -0.25) is 4.90 Å². The van der Waals surface area contributed by atoms with E-state index >= 15 is 0 Å². The number of nitrogens with zero attached hydrogens (tertiary/aromatic N) is 1. The third-order valence-corrected chi connectivity index (χ3v) is 3.82. The number of aliphatic hydroxyl groups excluding tert-OH is 1. The summed E-state index contributed by atoms with van der Waals surface area (Å²) in [5.41, 5.74) is 0.451. The summed E-state index contributed by atoms with van der Waals surface area (Å²) in [4.78, 5) is 24.7. The minimum absolute atomic E-state index is 0.0281. The Morgan fingerprint density at radius 1 is 1.19 bits per heavy atom. The molecule has 0 bridgehead atoms. The molecule has 0 saturated heterocycles. The molecule has 2 rings (SSSR count). The normalized spacial score (nSPS) is 21.6. The lowest BCUT2D eigenvalue weighted by molar-refractivity contribution is 0.0697. The number of hydrogen-bond acceptors (Lipinski definition) is 3. The fourth-order valence-electron chi connectivity index (χ4n) is 2.55. The van der Waals surface area contributed by atoms with E-state index in [2.05, 4.69) is 5.32 Å². The number of nitrogens with one attached hydrogen (secondary N) is 1. The summed E-state index contributed by atoms with van der Waals surface area (Å²) in [5, 5.41) is 21.5. The van der Waals surface area contributed by atoms with Crippen molar-refractivity contribution in [3.8, 4) is 0 Å². The minimum atomic E-state index is -1.06. The number of carbonyl (C=O) groups is 2. The van der Waals surface area contributed by atoms with Crippen molar-refractivity contribution in [2.75, 3.05) is 11.9 Å². The number of anilines is 1. The van der Waals surface area contributed by atoms with Gasteiger partial charge in [-0.1, -0.05) is 12.1 Å². The van der Waals surface area contributed by atoms with E-state index < -0.39 is 5.97 Å². The van der Waals surface area contributed by atoms with Crippen molar-refractivity contribution in [1.29, 1.82) is 0 Å². The zero-order valence-electron chi connectivity index (χ0n) is 12.0. The zero-order valence-corrected chi connectivity index (χ0v) is 12.0. The van der Waals surface area contributed by atoms with Crippen molar-refractivity contribution in [2.45, 2.75) is 37.8 Å². The van der Waals surface area contributed by atoms with Gasteiger partial charge < -0.3 is 15.5 Å². The topological polar surface area (TPSA) is 89.9 Å². The summed E-state index contributed by atoms with van der Waals surface area (Å²) in [6, 6.07) is 6.10. The molecule has 1 aromatic rings. The predicted octanol–water partition coefficient (Wildman–Crippen LogP) is 1.83. The lowest BCUT2D eigenvalue weighted by Gasteiger charge is -2.28. The maximum atomic E-state index is 12.2. The molecule has 21 heavy (non-hydrogen) atoms. The van der Waals surface area contributed by atoms with E-state index in [1.165, 1.54) is 11.0 Å². The van der Waals surface area contributed by atoms with Crippen molar-refractivity contribution >= 4 is 17.7 Å². The average Bonchev–Trinajstić information content (AvgIpc) is 2.48. The lowest BCUT2D eigenvalue weighted by Crippen LogP contribution is -2.45. The molecule has 1 aromatic carbocycles. The maximum absolute atomic E-state index is 12.2. The lowest BCUT2D eigenvalue weighted by atomic mass is 9.93. The van der Waals surface area contributed by atoms with Crippen LogP contribution >= 0.6 is 0 Å². The molecule has 0 radical (unpaired) electrons. The van der Waals surface area contributed by atoms with Crippen LogP contribution in [0.15, 0.2) is 24.3 Å². The third-order valence-electron chi connectivity index (χ3n) is 3.82. The second-order valence-electron chi connectivity index (χ2n) is 5.34. The van der Waals surface area contributed by atoms with Gasteiger partial charge in [0.15, 0.2) is 0 Å². The van der Waals surface area contributed by atoms with Crippen LogP contribution in [-0.4, -0.2) is 41.4 Å². The summed E-state index contributed by atoms with van der Waals surface area (Å²) in [5.74, 6) is -1.06. The van der Waals surface area contributed by atoms with Crippen molar-refractivity contribution in [1.82, 2.24) is 5.32 Å². The Morgan fingerprint density at radius 3 is 2.43 bits per heavy atom. The van der Waals surface area contributed by atoms with Crippen molar-refractivity contribution < 1.29 is 19.8 Å². The molecule has 6 nitrogen and oxygen atoms in total. The van der Waals surface area contributed by atoms with E-state index in [9.17, 15) is 14.7 Å². The molecule has 114 valence electrons. The molecule has 6 heteroatoms. The second-order valence-corrected chi connectivity index (χ2v) is 5.34. The number of hydrogen-bond donors (Lipinski definition) is 3. The van der Waals surface area contributed by atoms with Gasteiger partial charge >= 0.3 is 12.0 Å². The smallest absolute Gasteiger partial charge is 0.337 e. The number of rotatable bonds is 3. The standard InChI is InChI=1S/C15H20N2O4/c1-17(13-5-3-2-4-12(13)14(19)20)15(21)16-10-6-8-11(18)9-7-10/h2-5,10-11,18H,6-9H2,1H3,(H,16,21)(H,19,20). The van der Waals surface area contributed by atoms with Crippen LogP contribution in [0.3, 0.4) is 0 Å². The first kappa shape index (κ1) is 15.3. The number of urea groups is 1. The Bertz CT molecular complexity index is 524. The molecule has 1 saturated carbocycles. The van der Waals surface area contributed by atoms with E-state index in [1.807, 2.05) is 0 Å². The van der Waals surface area contributed by atoms with E-state index in [4.69, 9.17) is 5.11 Å². The molecule has 0 atom stereocenters. The zero-order chi connectivity index (χ0) is 15.4. The second kappa shape index (κ2) is 6.58. The van der Waals surface area contributed by atoms with Crippen molar-refractivity contribution in [2.24, 2.45) is 0 Å². The highest BCUT2D eigenvalue weighted by Crippen LogP contribution is 2.21. The van der Waals surface area contributed by atoms with Crippen LogP contribution in [0.25, 0.3) is 0 Å². The third kappa shape index (κ3) is 3.72. The monoisotopic (exact) mass is 292 g/mol. The molecule has 2 amide bonds. The fourth-order valence-corrected chi connectivity index (χ4v) is 2.55. The Morgan fingerprint density at radius 2 is 1.81 bits per heavy atom. The Balaban J connectivity index is 2.04. The first-order valence-corrected chi connectivity index (χ1v) is 7.03. The van der Waals surface area contributed by atoms with Crippen LogP contribution < -0.4 is 10.2 Å². The fraction of sp³-hybridized carbons (Fsp3) is 0.467. The van der Waals surface area contributed by atoms with Gasteiger partial charge in [0, 0.05) is 13.1 Å². The highest BCUT2D eigenvalue weighted by Gasteiger charge is 2.23. The predicted molar refractivity (Wildman–Crippen MR) is 78.6 cm³/mol. The van der Waals surface area contributed by atoms with Crippen LogP contribution in [0.1, 0.15) is 36.0 Å². The molecule has 3 N–H and O–H groups in total. The Labute approximate surface area is 123 Å². The molecular weight excluding hydrogens is 272 g/mol. The van der Waals surface area contributed by atoms with Gasteiger partial charge in [0.25, 0.3) is 0 Å². The SMILES string of the molecule is CN(C(=O)NC1CCC(O)CC1)c1ccccc1C(=O)O. The molecule has 0 unspecified atom stereocenters. The van der Waals surface area contributed by atoms with E-state index in [0.717, 1.165) is 12.8 Å². The summed E-state index contributed by atoms with van der Waals surface area (Å²) in [7, 11) is 1.55. The van der Waals surface area contributed by atoms with Gasteiger partial charge in [-0.25, -0.2) is 9.59 Å². The molecule has 1 aliphatic rings. The summed E-state index contributed by atoms with van der Waals surface area (Å²) in [6.45, 7) is 0. The molecule has 1 fully saturated rings. The first-order chi connectivity index (χ1) is 9.99. The molecule has 0 aromatic heterocycles. The quantitative estimate of drug-likeness (QED) is 0.793. The van der Waals surface area contributed by atoms with E-state index in [0.29, 0.717) is 18.5 Å². The van der Waals surface area contributed by atoms with E-state index in [-0.39, 0.29) is 23.7 Å². The van der Waals surface area contributed by atoms with Gasteiger partial charge in [0.05, 0.1) is 17.4 Å². The number of aliphatic hydroxyl groups is 1. The van der Waals surface area contributed by atoms with Crippen molar-refractivity contribution in [3.63, 3.8) is 0 Å². The highest BCUT2D eigenvalue weighted by molar-refractivity contribution is 6.01. The van der Waals surface area contributed by atoms with Gasteiger partial charge in [0.1, 0.15) is 0 Å². The number of amides is 2. The average molecular weight is 292 g/mol. The summed E-state index contributed by atoms with van der Waals surface area (Å²) >= 11 is 0. The van der Waals surface area contributed by atoms with Crippen LogP contribution in [0, 0.1) is 0 Å². The van der Waals surface area contributed by atoms with E-state index in [1.54, 1.807) is 25.2 Å². The summed E-state index contributed by atoms with van der Waals surface area (Å²) in [6.07, 6.45) is 2.56. The Kier molecular flexibility index (Phi) is 4.80. The van der Waals surface area contributed by atoms with Crippen LogP contribution in [0.4, 0.5) is 10.5 Å². The van der Waals surface area contributed by atoms with Crippen LogP contribution in [-0.2, 0) is 0 Å². The van der Waals surface area contributed by atoms with Crippen molar-refractivity contribution in [3.05, 3.63) is 29.8 Å². The van der Waals surface area contributed by atoms with Gasteiger partial charge in [-0.2, -0.15) is 0 Å². The van der Waals surface area contributed by atoms with Gasteiger partial charge in [-0.05, 0) is 37.8 Å².